The van der Waals surface area contributed by atoms with Gasteiger partial charge in [-0.25, -0.2) is 9.78 Å². The number of para-hydroxylation sites is 3. The second-order valence-corrected chi connectivity index (χ2v) is 9.37. The molecule has 2 aliphatic rings. The van der Waals surface area contributed by atoms with Gasteiger partial charge in [-0.15, -0.1) is 22.6 Å². The first-order valence-electron chi connectivity index (χ1n) is 14.5. The summed E-state index contributed by atoms with van der Waals surface area (Å²) in [7, 11) is 0. The number of ether oxygens (including phenoxy) is 3. The van der Waals surface area contributed by atoms with Gasteiger partial charge in [-0.2, -0.15) is 10.0 Å². The Hall–Kier alpha value is -6.32. The molecule has 2 aliphatic heterocycles. The first-order chi connectivity index (χ1) is 23.4. The van der Waals surface area contributed by atoms with Crippen LogP contribution in [-0.4, -0.2) is 60.3 Å². The third-order valence-corrected chi connectivity index (χ3v) is 6.01. The normalized spacial score (nSPS) is 13.2. The minimum atomic E-state index is -0.675. The molecule has 254 valence electrons. The number of benzene rings is 3. The molecule has 0 atom stereocenters. The number of aromatic nitrogens is 1. The number of halogens is 1. The number of hydrazone groups is 2. The summed E-state index contributed by atoms with van der Waals surface area (Å²) < 4.78 is 14.8. The lowest BCUT2D eigenvalue weighted by Gasteiger charge is -2.23. The predicted molar refractivity (Wildman–Crippen MR) is 186 cm³/mol. The highest BCUT2D eigenvalue weighted by Gasteiger charge is 2.28. The molecular formula is C33H33ClN8O7. The fourth-order valence-electron chi connectivity index (χ4n) is 3.82. The maximum absolute atomic E-state index is 12.1. The van der Waals surface area contributed by atoms with Gasteiger partial charge in [-0.1, -0.05) is 60.7 Å². The highest BCUT2D eigenvalue weighted by atomic mass is 35.5. The van der Waals surface area contributed by atoms with Crippen molar-refractivity contribution in [2.75, 3.05) is 40.6 Å². The average Bonchev–Trinajstić information content (AvgIpc) is 3.14. The van der Waals surface area contributed by atoms with E-state index in [9.17, 15) is 19.2 Å². The molecule has 3 heterocycles. The van der Waals surface area contributed by atoms with Crippen molar-refractivity contribution in [2.24, 2.45) is 16.0 Å². The number of nitrogens with one attached hydrogen (secondary N) is 2. The lowest BCUT2D eigenvalue weighted by atomic mass is 10.3. The van der Waals surface area contributed by atoms with Gasteiger partial charge in [0.1, 0.15) is 5.82 Å². The summed E-state index contributed by atoms with van der Waals surface area (Å²) in [6, 6.07) is 32.4. The van der Waals surface area contributed by atoms with Crippen molar-refractivity contribution in [3.63, 3.8) is 0 Å². The van der Waals surface area contributed by atoms with E-state index in [1.54, 1.807) is 79.9 Å². The summed E-state index contributed by atoms with van der Waals surface area (Å²) in [5.74, 6) is 3.16. The van der Waals surface area contributed by atoms with Gasteiger partial charge in [0, 0.05) is 11.9 Å². The number of rotatable bonds is 7. The molecule has 0 fully saturated rings. The molecule has 4 aromatic rings. The van der Waals surface area contributed by atoms with Gasteiger partial charge in [0.15, 0.2) is 13.2 Å². The Morgan fingerprint density at radius 3 is 1.71 bits per heavy atom. The average molecular weight is 689 g/mol. The van der Waals surface area contributed by atoms with E-state index in [0.29, 0.717) is 17.2 Å². The van der Waals surface area contributed by atoms with E-state index in [4.69, 9.17) is 20.1 Å². The maximum atomic E-state index is 12.1. The fraction of sp³-hybridized carbons (Fsp3) is 0.121. The molecule has 0 unspecified atom stereocenters. The van der Waals surface area contributed by atoms with Gasteiger partial charge in [-0.3, -0.25) is 20.2 Å². The molecule has 1 aromatic heterocycles. The van der Waals surface area contributed by atoms with Gasteiger partial charge >= 0.3 is 17.8 Å². The van der Waals surface area contributed by atoms with Crippen LogP contribution in [0.1, 0.15) is 6.92 Å². The number of nitrogen functional groups attached to an aromatic ring is 1. The van der Waals surface area contributed by atoms with Crippen molar-refractivity contribution >= 4 is 70.8 Å². The van der Waals surface area contributed by atoms with Gasteiger partial charge in [-0.05, 0) is 55.5 Å². The first kappa shape index (κ1) is 37.1. The van der Waals surface area contributed by atoms with Crippen LogP contribution in [0.3, 0.4) is 0 Å². The minimum Gasteiger partial charge on any atom is -0.463 e. The molecule has 0 spiro atoms. The van der Waals surface area contributed by atoms with Crippen LogP contribution >= 0.6 is 12.4 Å². The zero-order chi connectivity index (χ0) is 34.1. The van der Waals surface area contributed by atoms with Crippen LogP contribution in [-0.2, 0) is 33.4 Å². The van der Waals surface area contributed by atoms with Crippen molar-refractivity contribution in [1.29, 1.82) is 0 Å². The number of carbonyl (C=O) groups is 4. The van der Waals surface area contributed by atoms with E-state index in [-0.39, 0.29) is 55.8 Å². The number of hydrogen-bond acceptors (Lipinski definition) is 12. The molecule has 49 heavy (non-hydrogen) atoms. The molecule has 0 bridgehead atoms. The summed E-state index contributed by atoms with van der Waals surface area (Å²) in [6.45, 7) is 1.43. The molecule has 3 aromatic carbocycles. The van der Waals surface area contributed by atoms with Crippen LogP contribution < -0.4 is 26.6 Å². The summed E-state index contributed by atoms with van der Waals surface area (Å²) in [5.41, 5.74) is 4.61. The first-order valence-corrected chi connectivity index (χ1v) is 14.5. The van der Waals surface area contributed by atoms with Crippen LogP contribution in [0.15, 0.2) is 126 Å². The zero-order valence-electron chi connectivity index (χ0n) is 26.2. The number of nitrogens with two attached hydrogens (primary N) is 1. The summed E-state index contributed by atoms with van der Waals surface area (Å²) in [5, 5.41) is 12.7. The van der Waals surface area contributed by atoms with E-state index in [1.165, 1.54) is 0 Å². The Morgan fingerprint density at radius 1 is 0.755 bits per heavy atom. The molecule has 0 radical (unpaired) electrons. The van der Waals surface area contributed by atoms with E-state index < -0.39 is 11.9 Å². The molecule has 4 N–H and O–H groups in total. The number of hydrogen-bond donors (Lipinski definition) is 3. The van der Waals surface area contributed by atoms with Crippen molar-refractivity contribution in [3.8, 4) is 0 Å². The fourth-order valence-corrected chi connectivity index (χ4v) is 3.82. The zero-order valence-corrected chi connectivity index (χ0v) is 27.0. The van der Waals surface area contributed by atoms with E-state index >= 15 is 0 Å². The Balaban J connectivity index is 0.000000216. The summed E-state index contributed by atoms with van der Waals surface area (Å²) in [4.78, 5) is 51.1. The van der Waals surface area contributed by atoms with Crippen LogP contribution in [0.4, 0.5) is 22.9 Å². The molecule has 15 nitrogen and oxygen atoms in total. The van der Waals surface area contributed by atoms with Crippen LogP contribution in [0, 0.1) is 0 Å². The molecule has 16 heteroatoms. The molecule has 3 amide bonds. The highest BCUT2D eigenvalue weighted by Crippen LogP contribution is 2.18. The number of amides is 3. The maximum Gasteiger partial charge on any atom is 0.395 e. The van der Waals surface area contributed by atoms with Gasteiger partial charge in [0.25, 0.3) is 17.7 Å². The minimum absolute atomic E-state index is 0. The van der Waals surface area contributed by atoms with Crippen LogP contribution in [0.2, 0.25) is 0 Å². The smallest absolute Gasteiger partial charge is 0.395 e. The van der Waals surface area contributed by atoms with Gasteiger partial charge < -0.3 is 25.0 Å². The molecular weight excluding hydrogens is 656 g/mol. The molecule has 0 saturated heterocycles. The van der Waals surface area contributed by atoms with Crippen molar-refractivity contribution in [2.45, 2.75) is 6.92 Å². The van der Waals surface area contributed by atoms with Crippen molar-refractivity contribution in [3.05, 3.63) is 115 Å². The van der Waals surface area contributed by atoms with E-state index in [0.717, 1.165) is 15.7 Å². The monoisotopic (exact) mass is 688 g/mol. The summed E-state index contributed by atoms with van der Waals surface area (Å²) in [6.07, 6.45) is 1.55. The third-order valence-electron chi connectivity index (χ3n) is 6.01. The molecule has 0 saturated carbocycles. The van der Waals surface area contributed by atoms with Crippen molar-refractivity contribution < 1.29 is 33.4 Å². The number of carbonyl (C=O) groups excluding carboxylic acids is 4. The lowest BCUT2D eigenvalue weighted by molar-refractivity contribution is -0.137. The number of nitrogens with zero attached hydrogens (tertiary/aromatic N) is 5. The highest BCUT2D eigenvalue weighted by molar-refractivity contribution is 6.40. The second-order valence-electron chi connectivity index (χ2n) is 9.37. The Morgan fingerprint density at radius 2 is 1.24 bits per heavy atom. The summed E-state index contributed by atoms with van der Waals surface area (Å²) >= 11 is 0. The van der Waals surface area contributed by atoms with Crippen LogP contribution in [0.25, 0.3) is 0 Å². The number of hydrazine groups is 1. The van der Waals surface area contributed by atoms with Crippen molar-refractivity contribution in [1.82, 2.24) is 4.98 Å². The number of anilines is 4. The Labute approximate surface area is 287 Å². The topological polar surface area (TPSA) is 190 Å². The standard InChI is InChI=1S/C15H12N4O3.C12H12N2O4.C6H8N2.ClH/c20-13-10-22-15(14(21)17-12-8-4-5-9-16-12)18-19(13)11-6-2-1-3-7-11;1-2-17-12(16)11-13-14(10(15)8-18-11)9-6-4-3-5-7-9;7-8-6-4-2-1-3-5-6;/h1-9H,10H2,(H,16,17,21);3-7H,2,8H2,1H3;1-5,8H,7H2;1H. The lowest BCUT2D eigenvalue weighted by Crippen LogP contribution is -2.40. The SMILES string of the molecule is CCOC(=O)C1=NN(c2ccccc2)C(=O)CO1.Cl.NNc1ccccc1.O=C(Nc1ccccn1)C1=NN(c2ccccc2)C(=O)CO1. The predicted octanol–water partition coefficient (Wildman–Crippen LogP) is 3.72. The quantitative estimate of drug-likeness (QED) is 0.147. The number of pyridine rings is 1. The van der Waals surface area contributed by atoms with Gasteiger partial charge in [0.05, 0.1) is 18.0 Å². The van der Waals surface area contributed by atoms with E-state index in [2.05, 4.69) is 25.9 Å². The molecule has 6 rings (SSSR count). The third kappa shape index (κ3) is 11.2. The molecule has 0 aliphatic carbocycles. The Kier molecular flexibility index (Phi) is 14.7. The Bertz CT molecular complexity index is 1730. The number of esters is 1. The van der Waals surface area contributed by atoms with Crippen LogP contribution in [0.5, 0.6) is 0 Å². The second kappa shape index (κ2) is 19.4. The largest absolute Gasteiger partial charge is 0.463 e. The van der Waals surface area contributed by atoms with E-state index in [1.807, 2.05) is 42.5 Å². The van der Waals surface area contributed by atoms with Gasteiger partial charge in [0.2, 0.25) is 0 Å².